The Kier molecular flexibility index (Phi) is 4.42. The van der Waals surface area contributed by atoms with Gasteiger partial charge in [0.05, 0.1) is 23.4 Å². The molecule has 0 radical (unpaired) electrons. The van der Waals surface area contributed by atoms with Gasteiger partial charge in [-0.1, -0.05) is 0 Å². The maximum Gasteiger partial charge on any atom is 0.252 e. The zero-order chi connectivity index (χ0) is 14.0. The van der Waals surface area contributed by atoms with E-state index in [4.69, 9.17) is 10.5 Å². The molecule has 6 heteroatoms. The standard InChI is InChI=1S/C13H16BrFN2O2/c1-19-12-4-2-3-11(12)17-13(18)7-5-10(16)9(15)6-8(7)14/h5-6,11-12H,2-4,16H2,1H3,(H,17,18). The van der Waals surface area contributed by atoms with E-state index in [0.29, 0.717) is 10.0 Å². The molecule has 1 aliphatic rings. The van der Waals surface area contributed by atoms with Crippen molar-refractivity contribution in [2.75, 3.05) is 12.8 Å². The first-order chi connectivity index (χ1) is 9.02. The van der Waals surface area contributed by atoms with E-state index in [2.05, 4.69) is 21.2 Å². The van der Waals surface area contributed by atoms with E-state index in [0.717, 1.165) is 19.3 Å². The van der Waals surface area contributed by atoms with E-state index in [1.54, 1.807) is 7.11 Å². The van der Waals surface area contributed by atoms with Crippen LogP contribution in [0, 0.1) is 5.82 Å². The number of ether oxygens (including phenoxy) is 1. The van der Waals surface area contributed by atoms with Gasteiger partial charge < -0.3 is 15.8 Å². The second-order valence-electron chi connectivity index (χ2n) is 4.64. The van der Waals surface area contributed by atoms with Gasteiger partial charge in [-0.15, -0.1) is 0 Å². The van der Waals surface area contributed by atoms with Crippen molar-refractivity contribution in [2.24, 2.45) is 0 Å². The SMILES string of the molecule is COC1CCCC1NC(=O)c1cc(N)c(F)cc1Br. The second-order valence-corrected chi connectivity index (χ2v) is 5.49. The van der Waals surface area contributed by atoms with Gasteiger partial charge in [-0.05, 0) is 47.3 Å². The summed E-state index contributed by atoms with van der Waals surface area (Å²) in [6, 6.07) is 2.54. The molecule has 19 heavy (non-hydrogen) atoms. The number of halogens is 2. The Hall–Kier alpha value is -1.14. The number of carbonyl (C=O) groups excluding carboxylic acids is 1. The smallest absolute Gasteiger partial charge is 0.252 e. The average Bonchev–Trinajstić information content (AvgIpc) is 2.80. The minimum absolute atomic E-state index is 0.00400. The Morgan fingerprint density at radius 1 is 1.53 bits per heavy atom. The first-order valence-electron chi connectivity index (χ1n) is 6.11. The first kappa shape index (κ1) is 14.3. The fourth-order valence-corrected chi connectivity index (χ4v) is 2.85. The number of carbonyl (C=O) groups is 1. The lowest BCUT2D eigenvalue weighted by Crippen LogP contribution is -2.40. The molecule has 0 aromatic heterocycles. The molecule has 1 amide bonds. The molecule has 0 spiro atoms. The molecule has 0 saturated heterocycles. The lowest BCUT2D eigenvalue weighted by atomic mass is 10.1. The maximum absolute atomic E-state index is 13.2. The zero-order valence-corrected chi connectivity index (χ0v) is 12.2. The molecule has 0 bridgehead atoms. The summed E-state index contributed by atoms with van der Waals surface area (Å²) >= 11 is 3.18. The average molecular weight is 331 g/mol. The largest absolute Gasteiger partial charge is 0.396 e. The monoisotopic (exact) mass is 330 g/mol. The van der Waals surface area contributed by atoms with Crippen molar-refractivity contribution >= 4 is 27.5 Å². The molecule has 1 saturated carbocycles. The summed E-state index contributed by atoms with van der Waals surface area (Å²) in [4.78, 5) is 12.2. The number of hydrogen-bond donors (Lipinski definition) is 2. The summed E-state index contributed by atoms with van der Waals surface area (Å²) in [5, 5.41) is 2.91. The van der Waals surface area contributed by atoms with Gasteiger partial charge in [0.2, 0.25) is 0 Å². The van der Waals surface area contributed by atoms with Gasteiger partial charge in [-0.3, -0.25) is 4.79 Å². The number of anilines is 1. The van der Waals surface area contributed by atoms with Crippen LogP contribution in [0.15, 0.2) is 16.6 Å². The minimum Gasteiger partial charge on any atom is -0.396 e. The second kappa shape index (κ2) is 5.88. The summed E-state index contributed by atoms with van der Waals surface area (Å²) in [6.07, 6.45) is 2.89. The normalized spacial score (nSPS) is 22.5. The van der Waals surface area contributed by atoms with Crippen molar-refractivity contribution in [3.8, 4) is 0 Å². The quantitative estimate of drug-likeness (QED) is 0.837. The van der Waals surface area contributed by atoms with Gasteiger partial charge in [-0.2, -0.15) is 0 Å². The Balaban J connectivity index is 2.14. The van der Waals surface area contributed by atoms with Gasteiger partial charge >= 0.3 is 0 Å². The molecule has 0 heterocycles. The summed E-state index contributed by atoms with van der Waals surface area (Å²) < 4.78 is 19.0. The molecular weight excluding hydrogens is 315 g/mol. The molecule has 2 rings (SSSR count). The third-order valence-electron chi connectivity index (χ3n) is 3.40. The third kappa shape index (κ3) is 3.06. The number of hydrogen-bond acceptors (Lipinski definition) is 3. The van der Waals surface area contributed by atoms with E-state index in [9.17, 15) is 9.18 Å². The van der Waals surface area contributed by atoms with Crippen LogP contribution in [0.5, 0.6) is 0 Å². The predicted octanol–water partition coefficient (Wildman–Crippen LogP) is 2.47. The van der Waals surface area contributed by atoms with Crippen LogP contribution in [0.4, 0.5) is 10.1 Å². The van der Waals surface area contributed by atoms with Crippen LogP contribution in [0.25, 0.3) is 0 Å². The van der Waals surface area contributed by atoms with Gasteiger partial charge in [0.25, 0.3) is 5.91 Å². The van der Waals surface area contributed by atoms with Crippen molar-refractivity contribution in [3.63, 3.8) is 0 Å². The van der Waals surface area contributed by atoms with Crippen LogP contribution in [0.2, 0.25) is 0 Å². The van der Waals surface area contributed by atoms with E-state index in [1.165, 1.54) is 12.1 Å². The number of benzene rings is 1. The Bertz CT molecular complexity index is 496. The molecule has 3 N–H and O–H groups in total. The van der Waals surface area contributed by atoms with Crippen molar-refractivity contribution in [1.82, 2.24) is 5.32 Å². The van der Waals surface area contributed by atoms with Gasteiger partial charge in [0.1, 0.15) is 5.82 Å². The molecule has 2 unspecified atom stereocenters. The zero-order valence-electron chi connectivity index (χ0n) is 10.6. The van der Waals surface area contributed by atoms with Crippen LogP contribution in [-0.2, 0) is 4.74 Å². The summed E-state index contributed by atoms with van der Waals surface area (Å²) in [5.41, 5.74) is 5.78. The van der Waals surface area contributed by atoms with Crippen LogP contribution >= 0.6 is 15.9 Å². The van der Waals surface area contributed by atoms with Crippen molar-refractivity contribution < 1.29 is 13.9 Å². The highest BCUT2D eigenvalue weighted by atomic mass is 79.9. The van der Waals surface area contributed by atoms with Crippen LogP contribution < -0.4 is 11.1 Å². The fraction of sp³-hybridized carbons (Fsp3) is 0.462. The number of nitrogens with one attached hydrogen (secondary N) is 1. The highest BCUT2D eigenvalue weighted by Gasteiger charge is 2.29. The van der Waals surface area contributed by atoms with Gasteiger partial charge in [0, 0.05) is 11.6 Å². The van der Waals surface area contributed by atoms with E-state index in [1.807, 2.05) is 0 Å². The molecule has 104 valence electrons. The number of nitrogens with two attached hydrogens (primary N) is 1. The lowest BCUT2D eigenvalue weighted by molar-refractivity contribution is 0.0722. The minimum atomic E-state index is -0.543. The van der Waals surface area contributed by atoms with E-state index >= 15 is 0 Å². The molecule has 4 nitrogen and oxygen atoms in total. The Morgan fingerprint density at radius 3 is 2.95 bits per heavy atom. The van der Waals surface area contributed by atoms with Crippen LogP contribution in [-0.4, -0.2) is 25.2 Å². The van der Waals surface area contributed by atoms with Crippen molar-refractivity contribution in [3.05, 3.63) is 28.0 Å². The lowest BCUT2D eigenvalue weighted by Gasteiger charge is -2.20. The maximum atomic E-state index is 13.2. The Labute approximate surface area is 119 Å². The Morgan fingerprint density at radius 2 is 2.26 bits per heavy atom. The number of rotatable bonds is 3. The summed E-state index contributed by atoms with van der Waals surface area (Å²) in [6.45, 7) is 0. The summed E-state index contributed by atoms with van der Waals surface area (Å²) in [7, 11) is 1.64. The van der Waals surface area contributed by atoms with Gasteiger partial charge in [-0.25, -0.2) is 4.39 Å². The molecular formula is C13H16BrFN2O2. The van der Waals surface area contributed by atoms with E-state index in [-0.39, 0.29) is 23.7 Å². The topological polar surface area (TPSA) is 64.3 Å². The highest BCUT2D eigenvalue weighted by molar-refractivity contribution is 9.10. The first-order valence-corrected chi connectivity index (χ1v) is 6.90. The fourth-order valence-electron chi connectivity index (χ4n) is 2.36. The highest BCUT2D eigenvalue weighted by Crippen LogP contribution is 2.25. The molecule has 1 fully saturated rings. The van der Waals surface area contributed by atoms with Crippen LogP contribution in [0.1, 0.15) is 29.6 Å². The number of nitrogen functional groups attached to an aromatic ring is 1. The molecule has 2 atom stereocenters. The molecule has 0 aliphatic heterocycles. The molecule has 1 aliphatic carbocycles. The predicted molar refractivity (Wildman–Crippen MR) is 74.4 cm³/mol. The molecule has 1 aromatic carbocycles. The van der Waals surface area contributed by atoms with E-state index < -0.39 is 5.82 Å². The van der Waals surface area contributed by atoms with Crippen molar-refractivity contribution in [2.45, 2.75) is 31.4 Å². The third-order valence-corrected chi connectivity index (χ3v) is 4.06. The van der Waals surface area contributed by atoms with Crippen molar-refractivity contribution in [1.29, 1.82) is 0 Å². The summed E-state index contributed by atoms with van der Waals surface area (Å²) in [5.74, 6) is -0.813. The van der Waals surface area contributed by atoms with Crippen LogP contribution in [0.3, 0.4) is 0 Å². The molecule has 1 aromatic rings. The number of methoxy groups -OCH3 is 1. The number of amides is 1. The van der Waals surface area contributed by atoms with Gasteiger partial charge in [0.15, 0.2) is 0 Å².